The van der Waals surface area contributed by atoms with E-state index in [9.17, 15) is 27.9 Å². The summed E-state index contributed by atoms with van der Waals surface area (Å²) < 4.78 is 39.6. The van der Waals surface area contributed by atoms with Crippen molar-refractivity contribution in [2.24, 2.45) is 0 Å². The van der Waals surface area contributed by atoms with E-state index < -0.39 is 35.9 Å². The molecule has 22 heavy (non-hydrogen) atoms. The molecule has 1 aliphatic rings. The highest BCUT2D eigenvalue weighted by molar-refractivity contribution is 5.94. The number of hydrogen-bond donors (Lipinski definition) is 3. The molecular formula is C13H14F3N3O3. The van der Waals surface area contributed by atoms with Crippen molar-refractivity contribution in [3.05, 3.63) is 35.9 Å². The highest BCUT2D eigenvalue weighted by atomic mass is 19.4. The summed E-state index contributed by atoms with van der Waals surface area (Å²) in [5.41, 5.74) is -3.63. The van der Waals surface area contributed by atoms with Gasteiger partial charge in [-0.05, 0) is 5.56 Å². The molecule has 1 aromatic carbocycles. The fourth-order valence-corrected chi connectivity index (χ4v) is 2.04. The number of aliphatic hydroxyl groups is 1. The molecule has 1 fully saturated rings. The lowest BCUT2D eigenvalue weighted by atomic mass is 9.93. The van der Waals surface area contributed by atoms with Gasteiger partial charge in [-0.15, -0.1) is 0 Å². The highest BCUT2D eigenvalue weighted by Crippen LogP contribution is 2.38. The van der Waals surface area contributed by atoms with Crippen LogP contribution < -0.4 is 10.6 Å². The van der Waals surface area contributed by atoms with E-state index in [1.807, 2.05) is 5.32 Å². The minimum Gasteiger partial charge on any atom is -0.375 e. The predicted octanol–water partition coefficient (Wildman–Crippen LogP) is 1.17. The minimum absolute atomic E-state index is 0.0560. The van der Waals surface area contributed by atoms with E-state index in [-0.39, 0.29) is 13.1 Å². The van der Waals surface area contributed by atoms with Crippen molar-refractivity contribution < 1.29 is 27.9 Å². The first-order valence-electron chi connectivity index (χ1n) is 6.43. The second kappa shape index (κ2) is 5.84. The number of alkyl halides is 3. The van der Waals surface area contributed by atoms with E-state index in [1.165, 1.54) is 18.2 Å². The summed E-state index contributed by atoms with van der Waals surface area (Å²) >= 11 is 0. The van der Waals surface area contributed by atoms with Crippen LogP contribution in [0.15, 0.2) is 30.3 Å². The predicted molar refractivity (Wildman–Crippen MR) is 69.9 cm³/mol. The SMILES string of the molecule is O=C1NCCN1C(=O)NCC(O)(c1ccccc1)C(F)(F)F. The van der Waals surface area contributed by atoms with Gasteiger partial charge < -0.3 is 15.7 Å². The maximum absolute atomic E-state index is 13.2. The van der Waals surface area contributed by atoms with Crippen molar-refractivity contribution in [2.45, 2.75) is 11.8 Å². The summed E-state index contributed by atoms with van der Waals surface area (Å²) in [4.78, 5) is 23.8. The van der Waals surface area contributed by atoms with Gasteiger partial charge in [-0.1, -0.05) is 30.3 Å². The van der Waals surface area contributed by atoms with Gasteiger partial charge in [0.1, 0.15) is 0 Å². The molecule has 2 rings (SSSR count). The summed E-state index contributed by atoms with van der Waals surface area (Å²) in [6, 6.07) is 4.75. The minimum atomic E-state index is -4.99. The van der Waals surface area contributed by atoms with E-state index in [0.29, 0.717) is 0 Å². The van der Waals surface area contributed by atoms with Gasteiger partial charge in [0.15, 0.2) is 0 Å². The topological polar surface area (TPSA) is 81.7 Å². The number of hydrogen-bond acceptors (Lipinski definition) is 3. The van der Waals surface area contributed by atoms with Crippen LogP contribution in [0.4, 0.5) is 22.8 Å². The summed E-state index contributed by atoms with van der Waals surface area (Å²) in [7, 11) is 0. The van der Waals surface area contributed by atoms with Crippen LogP contribution in [-0.4, -0.2) is 47.9 Å². The molecule has 1 aromatic rings. The highest BCUT2D eigenvalue weighted by Gasteiger charge is 2.55. The van der Waals surface area contributed by atoms with Crippen LogP contribution >= 0.6 is 0 Å². The van der Waals surface area contributed by atoms with E-state index in [4.69, 9.17) is 0 Å². The third kappa shape index (κ3) is 2.98. The first kappa shape index (κ1) is 16.1. The second-order valence-electron chi connectivity index (χ2n) is 4.77. The van der Waals surface area contributed by atoms with Gasteiger partial charge in [0.25, 0.3) is 0 Å². The van der Waals surface area contributed by atoms with Crippen LogP contribution in [0.25, 0.3) is 0 Å². The van der Waals surface area contributed by atoms with Gasteiger partial charge in [0, 0.05) is 13.1 Å². The number of carbonyl (C=O) groups is 2. The van der Waals surface area contributed by atoms with Crippen molar-refractivity contribution in [3.63, 3.8) is 0 Å². The zero-order valence-electron chi connectivity index (χ0n) is 11.4. The van der Waals surface area contributed by atoms with Crippen molar-refractivity contribution in [3.8, 4) is 0 Å². The maximum Gasteiger partial charge on any atom is 0.423 e. The van der Waals surface area contributed by atoms with Crippen molar-refractivity contribution in [1.29, 1.82) is 0 Å². The van der Waals surface area contributed by atoms with Gasteiger partial charge in [0.05, 0.1) is 6.54 Å². The van der Waals surface area contributed by atoms with Gasteiger partial charge in [-0.2, -0.15) is 13.2 Å². The molecule has 0 radical (unpaired) electrons. The third-order valence-electron chi connectivity index (χ3n) is 3.32. The third-order valence-corrected chi connectivity index (χ3v) is 3.32. The summed E-state index contributed by atoms with van der Waals surface area (Å²) in [5.74, 6) is 0. The molecule has 1 saturated heterocycles. The lowest BCUT2D eigenvalue weighted by molar-refractivity contribution is -0.263. The smallest absolute Gasteiger partial charge is 0.375 e. The molecule has 0 spiro atoms. The lowest BCUT2D eigenvalue weighted by Crippen LogP contribution is -2.53. The Kier molecular flexibility index (Phi) is 4.27. The molecule has 4 amide bonds. The van der Waals surface area contributed by atoms with Crippen LogP contribution in [0, 0.1) is 0 Å². The summed E-state index contributed by atoms with van der Waals surface area (Å²) in [5, 5.41) is 14.3. The molecule has 0 aliphatic carbocycles. The quantitative estimate of drug-likeness (QED) is 0.783. The Morgan fingerprint density at radius 3 is 2.45 bits per heavy atom. The summed E-state index contributed by atoms with van der Waals surface area (Å²) in [6.07, 6.45) is -4.99. The van der Waals surface area contributed by atoms with Crippen molar-refractivity contribution >= 4 is 12.1 Å². The van der Waals surface area contributed by atoms with Crippen LogP contribution in [0.2, 0.25) is 0 Å². The molecule has 0 bridgehead atoms. The molecular weight excluding hydrogens is 303 g/mol. The fraction of sp³-hybridized carbons (Fsp3) is 0.385. The van der Waals surface area contributed by atoms with Crippen molar-refractivity contribution in [2.75, 3.05) is 19.6 Å². The first-order chi connectivity index (χ1) is 10.3. The molecule has 0 saturated carbocycles. The van der Waals surface area contributed by atoms with E-state index in [0.717, 1.165) is 17.0 Å². The average Bonchev–Trinajstić information content (AvgIpc) is 2.90. The fourth-order valence-electron chi connectivity index (χ4n) is 2.04. The Morgan fingerprint density at radius 1 is 1.32 bits per heavy atom. The van der Waals surface area contributed by atoms with Crippen LogP contribution in [0.1, 0.15) is 5.56 Å². The zero-order chi connectivity index (χ0) is 16.4. The van der Waals surface area contributed by atoms with E-state index >= 15 is 0 Å². The van der Waals surface area contributed by atoms with E-state index in [1.54, 1.807) is 0 Å². The van der Waals surface area contributed by atoms with Crippen LogP contribution in [0.3, 0.4) is 0 Å². The Bertz CT molecular complexity index is 565. The molecule has 1 heterocycles. The number of benzene rings is 1. The molecule has 120 valence electrons. The monoisotopic (exact) mass is 317 g/mol. The largest absolute Gasteiger partial charge is 0.423 e. The van der Waals surface area contributed by atoms with Crippen LogP contribution in [0.5, 0.6) is 0 Å². The molecule has 9 heteroatoms. The second-order valence-corrected chi connectivity index (χ2v) is 4.77. The number of carbonyl (C=O) groups excluding carboxylic acids is 2. The molecule has 1 atom stereocenters. The molecule has 1 unspecified atom stereocenters. The lowest BCUT2D eigenvalue weighted by Gasteiger charge is -2.31. The van der Waals surface area contributed by atoms with Gasteiger partial charge >= 0.3 is 18.2 Å². The Morgan fingerprint density at radius 2 is 1.95 bits per heavy atom. The number of urea groups is 2. The Hall–Kier alpha value is -2.29. The van der Waals surface area contributed by atoms with Gasteiger partial charge in [0.2, 0.25) is 5.60 Å². The number of imide groups is 1. The molecule has 6 nitrogen and oxygen atoms in total. The maximum atomic E-state index is 13.2. The van der Waals surface area contributed by atoms with Crippen molar-refractivity contribution in [1.82, 2.24) is 15.5 Å². The molecule has 1 aliphatic heterocycles. The number of nitrogens with one attached hydrogen (secondary N) is 2. The number of halogens is 3. The first-order valence-corrected chi connectivity index (χ1v) is 6.43. The van der Waals surface area contributed by atoms with Gasteiger partial charge in [-0.3, -0.25) is 0 Å². The van der Waals surface area contributed by atoms with Gasteiger partial charge in [-0.25, -0.2) is 14.5 Å². The zero-order valence-corrected chi connectivity index (χ0v) is 11.4. The Balaban J connectivity index is 2.15. The number of nitrogens with zero attached hydrogens (tertiary/aromatic N) is 1. The number of amides is 4. The Labute approximate surface area is 123 Å². The average molecular weight is 317 g/mol. The molecule has 0 aromatic heterocycles. The van der Waals surface area contributed by atoms with Crippen LogP contribution in [-0.2, 0) is 5.60 Å². The van der Waals surface area contributed by atoms with E-state index in [2.05, 4.69) is 5.32 Å². The number of rotatable bonds is 3. The molecule has 3 N–H and O–H groups in total. The standard InChI is InChI=1S/C13H14F3N3O3/c14-13(15,16)12(22,9-4-2-1-3-5-9)8-18-11(21)19-7-6-17-10(19)20/h1-5,22H,6-8H2,(H,17,20)(H,18,21). The summed E-state index contributed by atoms with van der Waals surface area (Å²) in [6.45, 7) is -0.807. The normalized spacial score (nSPS) is 17.8.